The molecule has 0 spiro atoms. The average molecular weight is 499 g/mol. The molecule has 2 aromatic carbocycles. The van der Waals surface area contributed by atoms with Crippen molar-refractivity contribution in [1.29, 1.82) is 0 Å². The Kier molecular flexibility index (Phi) is 7.82. The summed E-state index contributed by atoms with van der Waals surface area (Å²) in [5, 5.41) is 6.76. The van der Waals surface area contributed by atoms with Crippen molar-refractivity contribution in [1.82, 2.24) is 14.4 Å². The lowest BCUT2D eigenvalue weighted by molar-refractivity contribution is -0.116. The van der Waals surface area contributed by atoms with Crippen molar-refractivity contribution >= 4 is 21.6 Å². The standard InChI is InChI=1S/C25H30N4O5S/c1-3-33-21-10-6-19(7-11-21)25-27-24(34-28-25)15-14-23(30)26-20-8-12-22(13-9-20)35(31,32)29-16-4-5-18(2)17-29/h6-13,18H,3-5,14-17H2,1-2H3,(H,26,30). The number of aromatic nitrogens is 2. The lowest BCUT2D eigenvalue weighted by Crippen LogP contribution is -2.39. The van der Waals surface area contributed by atoms with Gasteiger partial charge < -0.3 is 14.6 Å². The molecule has 35 heavy (non-hydrogen) atoms. The van der Waals surface area contributed by atoms with Gasteiger partial charge in [0.25, 0.3) is 0 Å². The molecule has 4 rings (SSSR count). The number of nitrogens with one attached hydrogen (secondary N) is 1. The molecule has 1 amide bonds. The number of rotatable bonds is 9. The molecule has 1 N–H and O–H groups in total. The summed E-state index contributed by atoms with van der Waals surface area (Å²) in [5.74, 6) is 1.70. The topological polar surface area (TPSA) is 115 Å². The summed E-state index contributed by atoms with van der Waals surface area (Å²) in [7, 11) is -3.53. The van der Waals surface area contributed by atoms with Crippen molar-refractivity contribution in [3.63, 3.8) is 0 Å². The Morgan fingerprint density at radius 2 is 1.91 bits per heavy atom. The molecule has 1 aliphatic rings. The highest BCUT2D eigenvalue weighted by atomic mass is 32.2. The minimum atomic E-state index is -3.53. The van der Waals surface area contributed by atoms with Crippen molar-refractivity contribution in [2.24, 2.45) is 5.92 Å². The van der Waals surface area contributed by atoms with E-state index in [-0.39, 0.29) is 23.6 Å². The Morgan fingerprint density at radius 3 is 2.60 bits per heavy atom. The molecule has 1 atom stereocenters. The third-order valence-corrected chi connectivity index (χ3v) is 7.73. The number of hydrogen-bond donors (Lipinski definition) is 1. The first-order valence-corrected chi connectivity index (χ1v) is 13.2. The van der Waals surface area contributed by atoms with E-state index in [0.717, 1.165) is 24.2 Å². The number of nitrogens with zero attached hydrogens (tertiary/aromatic N) is 3. The lowest BCUT2D eigenvalue weighted by Gasteiger charge is -2.30. The first kappa shape index (κ1) is 24.9. The minimum absolute atomic E-state index is 0.149. The molecule has 3 aromatic rings. The number of benzene rings is 2. The maximum atomic E-state index is 12.9. The van der Waals surface area contributed by atoms with Crippen LogP contribution in [0.1, 0.15) is 39.0 Å². The maximum absolute atomic E-state index is 12.9. The molecule has 10 heteroatoms. The Morgan fingerprint density at radius 1 is 1.17 bits per heavy atom. The van der Waals surface area contributed by atoms with Crippen LogP contribution >= 0.6 is 0 Å². The van der Waals surface area contributed by atoms with E-state index >= 15 is 0 Å². The monoisotopic (exact) mass is 498 g/mol. The molecule has 1 saturated heterocycles. The third-order valence-electron chi connectivity index (χ3n) is 5.85. The quantitative estimate of drug-likeness (QED) is 0.472. The number of carbonyl (C=O) groups is 1. The fourth-order valence-electron chi connectivity index (χ4n) is 4.01. The molecular formula is C25H30N4O5S. The van der Waals surface area contributed by atoms with Crippen LogP contribution in [0.4, 0.5) is 5.69 Å². The van der Waals surface area contributed by atoms with E-state index in [4.69, 9.17) is 9.26 Å². The van der Waals surface area contributed by atoms with E-state index in [2.05, 4.69) is 22.4 Å². The number of sulfonamides is 1. The zero-order valence-electron chi connectivity index (χ0n) is 19.9. The van der Waals surface area contributed by atoms with Crippen molar-refractivity contribution in [2.75, 3.05) is 25.0 Å². The minimum Gasteiger partial charge on any atom is -0.494 e. The van der Waals surface area contributed by atoms with Gasteiger partial charge in [-0.25, -0.2) is 8.42 Å². The zero-order valence-corrected chi connectivity index (χ0v) is 20.8. The average Bonchev–Trinajstić information content (AvgIpc) is 3.33. The largest absolute Gasteiger partial charge is 0.494 e. The van der Waals surface area contributed by atoms with Gasteiger partial charge in [0.05, 0.1) is 11.5 Å². The number of carbonyl (C=O) groups excluding carboxylic acids is 1. The Hall–Kier alpha value is -3.24. The second kappa shape index (κ2) is 11.0. The van der Waals surface area contributed by atoms with Gasteiger partial charge in [-0.3, -0.25) is 4.79 Å². The molecule has 1 aliphatic heterocycles. The van der Waals surface area contributed by atoms with Crippen LogP contribution in [-0.2, 0) is 21.2 Å². The van der Waals surface area contributed by atoms with Crippen LogP contribution in [0.2, 0.25) is 0 Å². The summed E-state index contributed by atoms with van der Waals surface area (Å²) >= 11 is 0. The highest BCUT2D eigenvalue weighted by molar-refractivity contribution is 7.89. The van der Waals surface area contributed by atoms with E-state index < -0.39 is 10.0 Å². The smallest absolute Gasteiger partial charge is 0.243 e. The summed E-state index contributed by atoms with van der Waals surface area (Å²) in [6.45, 7) is 5.66. The van der Waals surface area contributed by atoms with Gasteiger partial charge in [-0.1, -0.05) is 12.1 Å². The fraction of sp³-hybridized carbons (Fsp3) is 0.400. The highest BCUT2D eigenvalue weighted by Crippen LogP contribution is 2.25. The summed E-state index contributed by atoms with van der Waals surface area (Å²) in [6.07, 6.45) is 2.35. The zero-order chi connectivity index (χ0) is 24.8. The maximum Gasteiger partial charge on any atom is 0.243 e. The third kappa shape index (κ3) is 6.26. The second-order valence-electron chi connectivity index (χ2n) is 8.65. The summed E-state index contributed by atoms with van der Waals surface area (Å²) in [6, 6.07) is 13.7. The molecule has 2 heterocycles. The first-order valence-electron chi connectivity index (χ1n) is 11.8. The van der Waals surface area contributed by atoms with Gasteiger partial charge in [-0.15, -0.1) is 0 Å². The summed E-state index contributed by atoms with van der Waals surface area (Å²) < 4.78 is 38.0. The predicted molar refractivity (Wildman–Crippen MR) is 131 cm³/mol. The molecule has 0 aliphatic carbocycles. The highest BCUT2D eigenvalue weighted by Gasteiger charge is 2.28. The molecule has 9 nitrogen and oxygen atoms in total. The second-order valence-corrected chi connectivity index (χ2v) is 10.6. The lowest BCUT2D eigenvalue weighted by atomic mass is 10.0. The fourth-order valence-corrected chi connectivity index (χ4v) is 5.61. The molecule has 0 saturated carbocycles. The van der Waals surface area contributed by atoms with E-state index in [1.165, 1.54) is 12.1 Å². The van der Waals surface area contributed by atoms with E-state index in [1.807, 2.05) is 31.2 Å². The van der Waals surface area contributed by atoms with Gasteiger partial charge in [0, 0.05) is 37.2 Å². The number of piperidine rings is 1. The van der Waals surface area contributed by atoms with Crippen LogP contribution in [0.5, 0.6) is 5.75 Å². The van der Waals surface area contributed by atoms with Crippen LogP contribution in [0.3, 0.4) is 0 Å². The summed E-state index contributed by atoms with van der Waals surface area (Å²) in [5.41, 5.74) is 1.32. The molecule has 186 valence electrons. The van der Waals surface area contributed by atoms with Crippen molar-refractivity contribution in [3.05, 3.63) is 54.4 Å². The molecule has 0 bridgehead atoms. The molecule has 1 aromatic heterocycles. The normalized spacial score (nSPS) is 16.7. The Labute approximate surface area is 205 Å². The molecule has 0 radical (unpaired) electrons. The molecule has 1 unspecified atom stereocenters. The summed E-state index contributed by atoms with van der Waals surface area (Å²) in [4.78, 5) is 17.0. The molecule has 1 fully saturated rings. The van der Waals surface area contributed by atoms with Gasteiger partial charge in [-0.05, 0) is 74.2 Å². The number of anilines is 1. The number of aryl methyl sites for hydroxylation is 1. The van der Waals surface area contributed by atoms with Crippen LogP contribution in [0, 0.1) is 5.92 Å². The number of ether oxygens (including phenoxy) is 1. The Balaban J connectivity index is 1.30. The SMILES string of the molecule is CCOc1ccc(-c2noc(CCC(=O)Nc3ccc(S(=O)(=O)N4CCCC(C)C4)cc3)n2)cc1. The van der Waals surface area contributed by atoms with Crippen molar-refractivity contribution < 1.29 is 22.5 Å². The predicted octanol–water partition coefficient (Wildman–Crippen LogP) is 4.13. The van der Waals surface area contributed by atoms with Gasteiger partial charge in [0.2, 0.25) is 27.6 Å². The molecular weight excluding hydrogens is 468 g/mol. The van der Waals surface area contributed by atoms with Crippen LogP contribution in [0.15, 0.2) is 57.9 Å². The van der Waals surface area contributed by atoms with Gasteiger partial charge in [0.1, 0.15) is 5.75 Å². The number of hydrogen-bond acceptors (Lipinski definition) is 7. The van der Waals surface area contributed by atoms with Gasteiger partial charge in [-0.2, -0.15) is 9.29 Å². The Bertz CT molecular complexity index is 1240. The number of amides is 1. The van der Waals surface area contributed by atoms with Gasteiger partial charge in [0.15, 0.2) is 0 Å². The van der Waals surface area contributed by atoms with E-state index in [9.17, 15) is 13.2 Å². The van der Waals surface area contributed by atoms with E-state index in [1.54, 1.807) is 16.4 Å². The van der Waals surface area contributed by atoms with Crippen LogP contribution < -0.4 is 10.1 Å². The van der Waals surface area contributed by atoms with Crippen LogP contribution in [0.25, 0.3) is 11.4 Å². The van der Waals surface area contributed by atoms with E-state index in [0.29, 0.717) is 43.0 Å². The van der Waals surface area contributed by atoms with Crippen molar-refractivity contribution in [3.8, 4) is 17.1 Å². The van der Waals surface area contributed by atoms with Gasteiger partial charge >= 0.3 is 0 Å². The first-order chi connectivity index (χ1) is 16.8. The van der Waals surface area contributed by atoms with Crippen LogP contribution in [-0.4, -0.2) is 48.5 Å². The van der Waals surface area contributed by atoms with Crippen molar-refractivity contribution in [2.45, 2.75) is 44.4 Å².